The van der Waals surface area contributed by atoms with Crippen LogP contribution in [0.15, 0.2) is 40.4 Å². The van der Waals surface area contributed by atoms with Crippen LogP contribution in [0.2, 0.25) is 0 Å². The summed E-state index contributed by atoms with van der Waals surface area (Å²) in [5.74, 6) is 0.706. The van der Waals surface area contributed by atoms with Crippen LogP contribution in [0.25, 0.3) is 0 Å². The second kappa shape index (κ2) is 10.5. The Kier molecular flexibility index (Phi) is 8.65. The van der Waals surface area contributed by atoms with Gasteiger partial charge in [-0.05, 0) is 44.4 Å². The van der Waals surface area contributed by atoms with Gasteiger partial charge in [-0.3, -0.25) is 0 Å². The maximum Gasteiger partial charge on any atom is 0.240 e. The molecule has 1 fully saturated rings. The third-order valence-corrected chi connectivity index (χ3v) is 6.42. The number of aromatic nitrogens is 1. The van der Waals surface area contributed by atoms with Crippen molar-refractivity contribution in [2.45, 2.75) is 50.7 Å². The first kappa shape index (κ1) is 23.0. The summed E-state index contributed by atoms with van der Waals surface area (Å²) in [6, 6.07) is 6.98. The number of thiazole rings is 1. The Labute approximate surface area is 187 Å². The van der Waals surface area contributed by atoms with E-state index in [2.05, 4.69) is 25.3 Å². The Morgan fingerprint density at radius 3 is 2.54 bits per heavy atom. The van der Waals surface area contributed by atoms with Crippen LogP contribution in [0.4, 0.5) is 0 Å². The smallest absolute Gasteiger partial charge is 0.240 e. The molecule has 1 heterocycles. The number of rotatable bonds is 8. The van der Waals surface area contributed by atoms with Gasteiger partial charge in [0.05, 0.1) is 18.0 Å². The Bertz CT molecular complexity index is 893. The molecule has 0 bridgehead atoms. The fraction of sp³-hybridized carbons (Fsp3) is 0.444. The van der Waals surface area contributed by atoms with Gasteiger partial charge in [-0.25, -0.2) is 23.1 Å². The SMILES string of the molecule is CCNC(=NCc1ccc(S(=O)(=O)NC2CC2)cc1)NCc1ncc(C)s1.I. The Morgan fingerprint density at radius 1 is 1.25 bits per heavy atom. The molecule has 1 aliphatic carbocycles. The summed E-state index contributed by atoms with van der Waals surface area (Å²) in [5.41, 5.74) is 0.947. The number of hydrogen-bond acceptors (Lipinski definition) is 5. The van der Waals surface area contributed by atoms with Crippen molar-refractivity contribution in [1.82, 2.24) is 20.3 Å². The highest BCUT2D eigenvalue weighted by Gasteiger charge is 2.27. The predicted molar refractivity (Wildman–Crippen MR) is 124 cm³/mol. The molecule has 10 heteroatoms. The quantitative estimate of drug-likeness (QED) is 0.275. The largest absolute Gasteiger partial charge is 0.357 e. The topological polar surface area (TPSA) is 95.5 Å². The van der Waals surface area contributed by atoms with E-state index < -0.39 is 10.0 Å². The number of nitrogens with one attached hydrogen (secondary N) is 3. The van der Waals surface area contributed by atoms with Crippen molar-refractivity contribution >= 4 is 51.3 Å². The molecule has 3 rings (SSSR count). The van der Waals surface area contributed by atoms with Gasteiger partial charge in [0.15, 0.2) is 5.96 Å². The summed E-state index contributed by atoms with van der Waals surface area (Å²) in [4.78, 5) is 10.4. The van der Waals surface area contributed by atoms with Gasteiger partial charge >= 0.3 is 0 Å². The number of guanidine groups is 1. The second-order valence-corrected chi connectivity index (χ2v) is 9.49. The minimum Gasteiger partial charge on any atom is -0.357 e. The molecule has 1 aromatic heterocycles. The van der Waals surface area contributed by atoms with Crippen molar-refractivity contribution < 1.29 is 8.42 Å². The van der Waals surface area contributed by atoms with Crippen molar-refractivity contribution in [2.75, 3.05) is 6.54 Å². The molecule has 0 aliphatic heterocycles. The summed E-state index contributed by atoms with van der Waals surface area (Å²) >= 11 is 1.66. The molecular formula is C18H26IN5O2S2. The summed E-state index contributed by atoms with van der Waals surface area (Å²) in [6.07, 6.45) is 3.71. The van der Waals surface area contributed by atoms with Gasteiger partial charge in [-0.15, -0.1) is 35.3 Å². The van der Waals surface area contributed by atoms with Gasteiger partial charge in [-0.2, -0.15) is 0 Å². The molecule has 1 aliphatic rings. The van der Waals surface area contributed by atoms with Crippen molar-refractivity contribution in [1.29, 1.82) is 0 Å². The molecule has 0 amide bonds. The highest BCUT2D eigenvalue weighted by Crippen LogP contribution is 2.22. The highest BCUT2D eigenvalue weighted by atomic mass is 127. The van der Waals surface area contributed by atoms with Crippen molar-refractivity contribution in [2.24, 2.45) is 4.99 Å². The monoisotopic (exact) mass is 535 g/mol. The number of hydrogen-bond donors (Lipinski definition) is 3. The molecular weight excluding hydrogens is 509 g/mol. The van der Waals surface area contributed by atoms with Crippen LogP contribution in [0.1, 0.15) is 35.2 Å². The third-order valence-electron chi connectivity index (χ3n) is 3.97. The maximum atomic E-state index is 12.2. The lowest BCUT2D eigenvalue weighted by Gasteiger charge is -2.10. The number of nitrogens with zero attached hydrogens (tertiary/aromatic N) is 2. The lowest BCUT2D eigenvalue weighted by molar-refractivity contribution is 0.581. The molecule has 1 aromatic carbocycles. The highest BCUT2D eigenvalue weighted by molar-refractivity contribution is 14.0. The van der Waals surface area contributed by atoms with E-state index in [1.54, 1.807) is 35.6 Å². The number of sulfonamides is 1. The Hall–Kier alpha value is -1.24. The van der Waals surface area contributed by atoms with Crippen LogP contribution in [0.3, 0.4) is 0 Å². The molecule has 28 heavy (non-hydrogen) atoms. The van der Waals surface area contributed by atoms with Crippen LogP contribution in [-0.4, -0.2) is 31.9 Å². The van der Waals surface area contributed by atoms with Crippen molar-refractivity contribution in [3.63, 3.8) is 0 Å². The van der Waals surface area contributed by atoms with Crippen LogP contribution >= 0.6 is 35.3 Å². The van der Waals surface area contributed by atoms with Gasteiger partial charge in [0, 0.05) is 23.7 Å². The van der Waals surface area contributed by atoms with Gasteiger partial charge in [0.25, 0.3) is 0 Å². The molecule has 3 N–H and O–H groups in total. The van der Waals surface area contributed by atoms with E-state index in [9.17, 15) is 8.42 Å². The maximum absolute atomic E-state index is 12.2. The number of benzene rings is 1. The van der Waals surface area contributed by atoms with Crippen LogP contribution < -0.4 is 15.4 Å². The summed E-state index contributed by atoms with van der Waals surface area (Å²) in [5, 5.41) is 7.48. The summed E-state index contributed by atoms with van der Waals surface area (Å²) in [6.45, 7) is 5.88. The van der Waals surface area contributed by atoms with E-state index in [0.29, 0.717) is 23.9 Å². The fourth-order valence-electron chi connectivity index (χ4n) is 2.42. The fourth-order valence-corrected chi connectivity index (χ4v) is 4.45. The first-order chi connectivity index (χ1) is 13.0. The minimum atomic E-state index is -3.41. The van der Waals surface area contributed by atoms with E-state index in [0.717, 1.165) is 30.0 Å². The summed E-state index contributed by atoms with van der Waals surface area (Å²) in [7, 11) is -3.41. The zero-order valence-corrected chi connectivity index (χ0v) is 19.9. The molecule has 0 unspecified atom stereocenters. The standard InChI is InChI=1S/C18H25N5O2S2.HI/c1-3-19-18(22-12-17-20-10-13(2)26-17)21-11-14-4-8-16(9-5-14)27(24,25)23-15-6-7-15;/h4-5,8-10,15,23H,3,6-7,11-12H2,1-2H3,(H2,19,21,22);1H. The molecule has 0 radical (unpaired) electrons. The van der Waals surface area contributed by atoms with Crippen molar-refractivity contribution in [3.05, 3.63) is 45.9 Å². The second-order valence-electron chi connectivity index (χ2n) is 6.45. The average Bonchev–Trinajstić information content (AvgIpc) is 3.35. The van der Waals surface area contributed by atoms with Crippen LogP contribution in [0, 0.1) is 6.92 Å². The van der Waals surface area contributed by atoms with Crippen LogP contribution in [-0.2, 0) is 23.1 Å². The Balaban J connectivity index is 0.00000280. The van der Waals surface area contributed by atoms with Gasteiger partial charge in [0.1, 0.15) is 5.01 Å². The van der Waals surface area contributed by atoms with Crippen molar-refractivity contribution in [3.8, 4) is 0 Å². The van der Waals surface area contributed by atoms with E-state index in [1.807, 2.05) is 20.0 Å². The zero-order valence-electron chi connectivity index (χ0n) is 15.9. The lowest BCUT2D eigenvalue weighted by atomic mass is 10.2. The van der Waals surface area contributed by atoms with E-state index in [1.165, 1.54) is 4.88 Å². The predicted octanol–water partition coefficient (Wildman–Crippen LogP) is 2.77. The van der Waals surface area contributed by atoms with Crippen LogP contribution in [0.5, 0.6) is 0 Å². The lowest BCUT2D eigenvalue weighted by Crippen LogP contribution is -2.36. The minimum absolute atomic E-state index is 0. The van der Waals surface area contributed by atoms with E-state index in [-0.39, 0.29) is 30.0 Å². The first-order valence-electron chi connectivity index (χ1n) is 9.01. The zero-order chi connectivity index (χ0) is 19.3. The third kappa shape index (κ3) is 6.98. The molecule has 0 atom stereocenters. The molecule has 0 spiro atoms. The molecule has 0 saturated heterocycles. The van der Waals surface area contributed by atoms with Gasteiger partial charge in [0.2, 0.25) is 10.0 Å². The molecule has 1 saturated carbocycles. The summed E-state index contributed by atoms with van der Waals surface area (Å²) < 4.78 is 27.1. The normalized spacial score (nSPS) is 14.4. The Morgan fingerprint density at radius 2 is 1.96 bits per heavy atom. The van der Waals surface area contributed by atoms with E-state index >= 15 is 0 Å². The van der Waals surface area contributed by atoms with Gasteiger partial charge in [-0.1, -0.05) is 12.1 Å². The number of aliphatic imine (C=N–C) groups is 1. The van der Waals surface area contributed by atoms with Gasteiger partial charge < -0.3 is 10.6 Å². The number of halogens is 1. The molecule has 154 valence electrons. The first-order valence-corrected chi connectivity index (χ1v) is 11.3. The average molecular weight is 535 g/mol. The number of aryl methyl sites for hydroxylation is 1. The molecule has 7 nitrogen and oxygen atoms in total. The molecule has 2 aromatic rings. The van der Waals surface area contributed by atoms with E-state index in [4.69, 9.17) is 0 Å².